The van der Waals surface area contributed by atoms with Gasteiger partial charge < -0.3 is 15.3 Å². The van der Waals surface area contributed by atoms with Crippen LogP contribution in [0.3, 0.4) is 0 Å². The third kappa shape index (κ3) is 9.50. The molecule has 1 saturated carbocycles. The number of aliphatic hydroxyl groups is 3. The SMILES string of the molecule is C=CC(O)(CC=C[C@H]1CCC(=O)[C@@H]1CC=CCCCCO)CCCCCO. The van der Waals surface area contributed by atoms with Crippen LogP contribution >= 0.6 is 0 Å². The maximum absolute atomic E-state index is 12.2. The lowest BCUT2D eigenvalue weighted by Gasteiger charge is -2.23. The van der Waals surface area contributed by atoms with Crippen LogP contribution in [0.1, 0.15) is 70.6 Å². The molecule has 1 aliphatic carbocycles. The Hall–Kier alpha value is -1.23. The molecule has 3 atom stereocenters. The second-order valence-electron chi connectivity index (χ2n) is 7.68. The molecule has 154 valence electrons. The largest absolute Gasteiger partial charge is 0.396 e. The van der Waals surface area contributed by atoms with E-state index in [1.54, 1.807) is 6.08 Å². The highest BCUT2D eigenvalue weighted by molar-refractivity contribution is 5.83. The van der Waals surface area contributed by atoms with Gasteiger partial charge in [0.15, 0.2) is 0 Å². The molecule has 0 aromatic heterocycles. The quantitative estimate of drug-likeness (QED) is 0.296. The number of Topliss-reactive ketones (excluding diaryl/α,β-unsaturated/α-hetero) is 1. The Balaban J connectivity index is 2.46. The fraction of sp³-hybridized carbons (Fsp3) is 0.696. The molecule has 0 aliphatic heterocycles. The Bertz CT molecular complexity index is 483. The summed E-state index contributed by atoms with van der Waals surface area (Å²) < 4.78 is 0. The zero-order valence-corrected chi connectivity index (χ0v) is 16.7. The summed E-state index contributed by atoms with van der Waals surface area (Å²) in [6.45, 7) is 4.20. The molecule has 0 aromatic rings. The molecule has 0 heterocycles. The monoisotopic (exact) mass is 378 g/mol. The van der Waals surface area contributed by atoms with Crippen LogP contribution in [0.5, 0.6) is 0 Å². The second-order valence-corrected chi connectivity index (χ2v) is 7.68. The molecule has 1 unspecified atom stereocenters. The number of carbonyl (C=O) groups excluding carboxylic acids is 1. The fourth-order valence-electron chi connectivity index (χ4n) is 3.66. The Labute approximate surface area is 164 Å². The van der Waals surface area contributed by atoms with Crippen molar-refractivity contribution >= 4 is 5.78 Å². The number of allylic oxidation sites excluding steroid dienone is 3. The smallest absolute Gasteiger partial charge is 0.136 e. The lowest BCUT2D eigenvalue weighted by molar-refractivity contribution is -0.120. The van der Waals surface area contributed by atoms with Crippen LogP contribution in [0.4, 0.5) is 0 Å². The van der Waals surface area contributed by atoms with Crippen molar-refractivity contribution in [3.63, 3.8) is 0 Å². The molecule has 4 nitrogen and oxygen atoms in total. The van der Waals surface area contributed by atoms with Gasteiger partial charge in [-0.25, -0.2) is 0 Å². The second kappa shape index (κ2) is 13.9. The lowest BCUT2D eigenvalue weighted by atomic mass is 9.89. The van der Waals surface area contributed by atoms with E-state index in [0.717, 1.165) is 51.4 Å². The first kappa shape index (κ1) is 23.8. The van der Waals surface area contributed by atoms with Crippen molar-refractivity contribution in [1.29, 1.82) is 0 Å². The average molecular weight is 379 g/mol. The highest BCUT2D eigenvalue weighted by Crippen LogP contribution is 2.33. The van der Waals surface area contributed by atoms with E-state index < -0.39 is 5.60 Å². The zero-order valence-electron chi connectivity index (χ0n) is 16.7. The number of carbonyl (C=O) groups is 1. The molecular formula is C23H38O4. The summed E-state index contributed by atoms with van der Waals surface area (Å²) in [6.07, 6.45) is 18.7. The van der Waals surface area contributed by atoms with Crippen LogP contribution in [0.2, 0.25) is 0 Å². The van der Waals surface area contributed by atoms with Crippen LogP contribution in [0, 0.1) is 11.8 Å². The summed E-state index contributed by atoms with van der Waals surface area (Å²) in [5.41, 5.74) is -0.906. The summed E-state index contributed by atoms with van der Waals surface area (Å²) in [4.78, 5) is 12.2. The highest BCUT2D eigenvalue weighted by Gasteiger charge is 2.32. The Morgan fingerprint density at radius 1 is 1.04 bits per heavy atom. The molecule has 3 N–H and O–H groups in total. The van der Waals surface area contributed by atoms with E-state index in [-0.39, 0.29) is 25.0 Å². The number of hydrogen-bond acceptors (Lipinski definition) is 4. The first-order valence-electron chi connectivity index (χ1n) is 10.5. The summed E-state index contributed by atoms with van der Waals surface area (Å²) in [5, 5.41) is 28.3. The minimum Gasteiger partial charge on any atom is -0.396 e. The van der Waals surface area contributed by atoms with Crippen LogP contribution in [-0.2, 0) is 4.79 Å². The van der Waals surface area contributed by atoms with Gasteiger partial charge in [-0.3, -0.25) is 4.79 Å². The van der Waals surface area contributed by atoms with Crippen LogP contribution in [-0.4, -0.2) is 39.9 Å². The van der Waals surface area contributed by atoms with Gasteiger partial charge in [-0.05, 0) is 57.3 Å². The van der Waals surface area contributed by atoms with Gasteiger partial charge in [-0.2, -0.15) is 0 Å². The Morgan fingerprint density at radius 2 is 1.78 bits per heavy atom. The first-order chi connectivity index (χ1) is 13.1. The maximum Gasteiger partial charge on any atom is 0.136 e. The summed E-state index contributed by atoms with van der Waals surface area (Å²) >= 11 is 0. The fourth-order valence-corrected chi connectivity index (χ4v) is 3.66. The Kier molecular flexibility index (Phi) is 12.2. The minimum atomic E-state index is -0.906. The molecule has 0 bridgehead atoms. The van der Waals surface area contributed by atoms with Crippen LogP contribution in [0.25, 0.3) is 0 Å². The van der Waals surface area contributed by atoms with Crippen molar-refractivity contribution in [2.75, 3.05) is 13.2 Å². The zero-order chi connectivity index (χ0) is 20.0. The molecule has 0 spiro atoms. The average Bonchev–Trinajstić information content (AvgIpc) is 3.01. The van der Waals surface area contributed by atoms with Crippen molar-refractivity contribution in [3.05, 3.63) is 37.0 Å². The van der Waals surface area contributed by atoms with E-state index in [4.69, 9.17) is 10.2 Å². The number of aliphatic hydroxyl groups excluding tert-OH is 2. The lowest BCUT2D eigenvalue weighted by Crippen LogP contribution is -2.24. The van der Waals surface area contributed by atoms with Gasteiger partial charge in [0.2, 0.25) is 0 Å². The predicted molar refractivity (Wildman–Crippen MR) is 110 cm³/mol. The molecule has 1 rings (SSSR count). The summed E-state index contributed by atoms with van der Waals surface area (Å²) in [7, 11) is 0. The molecule has 4 heteroatoms. The molecule has 0 aromatic carbocycles. The highest BCUT2D eigenvalue weighted by atomic mass is 16.3. The number of rotatable bonds is 15. The molecule has 1 aliphatic rings. The molecule has 27 heavy (non-hydrogen) atoms. The standard InChI is InChI=1S/C23H38O4/c1-2-23(27,16-8-6-10-19-25)17-11-12-20-14-15-22(26)21(20)13-7-4-3-5-9-18-24/h2,4,7,11-12,20-21,24-25,27H,1,3,5-6,8-10,13-19H2/t20-,21+,23?/m0/s1. The normalized spacial score (nSPS) is 22.7. The van der Waals surface area contributed by atoms with Gasteiger partial charge in [-0.1, -0.05) is 43.2 Å². The summed E-state index contributed by atoms with van der Waals surface area (Å²) in [5.74, 6) is 0.646. The van der Waals surface area contributed by atoms with Gasteiger partial charge in [0.25, 0.3) is 0 Å². The third-order valence-electron chi connectivity index (χ3n) is 5.49. The van der Waals surface area contributed by atoms with Crippen molar-refractivity contribution in [2.45, 2.75) is 76.2 Å². The predicted octanol–water partition coefficient (Wildman–Crippen LogP) is 4.11. The molecule has 0 amide bonds. The molecule has 0 radical (unpaired) electrons. The first-order valence-corrected chi connectivity index (χ1v) is 10.5. The topological polar surface area (TPSA) is 77.8 Å². The van der Waals surface area contributed by atoms with Crippen molar-refractivity contribution < 1.29 is 20.1 Å². The van der Waals surface area contributed by atoms with Crippen LogP contribution < -0.4 is 0 Å². The van der Waals surface area contributed by atoms with Crippen molar-refractivity contribution in [1.82, 2.24) is 0 Å². The minimum absolute atomic E-state index is 0.0525. The van der Waals surface area contributed by atoms with E-state index in [1.807, 2.05) is 6.08 Å². The molecule has 1 fully saturated rings. The van der Waals surface area contributed by atoms with Gasteiger partial charge in [0, 0.05) is 25.6 Å². The Morgan fingerprint density at radius 3 is 2.48 bits per heavy atom. The maximum atomic E-state index is 12.2. The third-order valence-corrected chi connectivity index (χ3v) is 5.49. The number of unbranched alkanes of at least 4 members (excludes halogenated alkanes) is 4. The van der Waals surface area contributed by atoms with E-state index >= 15 is 0 Å². The van der Waals surface area contributed by atoms with Gasteiger partial charge >= 0.3 is 0 Å². The van der Waals surface area contributed by atoms with Gasteiger partial charge in [-0.15, -0.1) is 6.58 Å². The van der Waals surface area contributed by atoms with E-state index in [2.05, 4.69) is 24.8 Å². The van der Waals surface area contributed by atoms with E-state index in [9.17, 15) is 9.90 Å². The van der Waals surface area contributed by atoms with Crippen molar-refractivity contribution in [3.8, 4) is 0 Å². The van der Waals surface area contributed by atoms with Gasteiger partial charge in [0.05, 0.1) is 5.60 Å². The van der Waals surface area contributed by atoms with E-state index in [1.165, 1.54) is 0 Å². The number of hydrogen-bond donors (Lipinski definition) is 3. The van der Waals surface area contributed by atoms with E-state index in [0.29, 0.717) is 25.0 Å². The van der Waals surface area contributed by atoms with Gasteiger partial charge in [0.1, 0.15) is 5.78 Å². The summed E-state index contributed by atoms with van der Waals surface area (Å²) in [6, 6.07) is 0. The number of ketones is 1. The molecule has 0 saturated heterocycles. The van der Waals surface area contributed by atoms with Crippen molar-refractivity contribution in [2.24, 2.45) is 11.8 Å². The molecular weight excluding hydrogens is 340 g/mol. The van der Waals surface area contributed by atoms with Crippen LogP contribution in [0.15, 0.2) is 37.0 Å².